The standard InChI is InChI=1S/C29H32N4O6/c1-31-25-20-9-5-6-10-21(20)33(16-18-8-4-7-11-22(18)38-2)29(37)24(25)27(39-3)26(31)28(36)30-19-12-14-32(15-13-19)23(35)17-34/h4-11,19,34H,12-17H2,1-3H3,(H,30,36). The Morgan fingerprint density at radius 2 is 1.72 bits per heavy atom. The fourth-order valence-electron chi connectivity index (χ4n) is 5.57. The lowest BCUT2D eigenvalue weighted by Crippen LogP contribution is -2.47. The molecule has 0 aliphatic carbocycles. The van der Waals surface area contributed by atoms with E-state index in [1.807, 2.05) is 48.5 Å². The van der Waals surface area contributed by atoms with E-state index in [2.05, 4.69) is 5.32 Å². The molecule has 2 N–H and O–H groups in total. The van der Waals surface area contributed by atoms with Crippen molar-refractivity contribution in [3.8, 4) is 11.5 Å². The Bertz CT molecular complexity index is 1610. The van der Waals surface area contributed by atoms with Crippen molar-refractivity contribution < 1.29 is 24.2 Å². The van der Waals surface area contributed by atoms with Gasteiger partial charge < -0.3 is 33.9 Å². The summed E-state index contributed by atoms with van der Waals surface area (Å²) in [5.41, 5.74) is 2.20. The number of aromatic nitrogens is 2. The van der Waals surface area contributed by atoms with Crippen LogP contribution < -0.4 is 20.3 Å². The molecule has 0 atom stereocenters. The number of carbonyl (C=O) groups excluding carboxylic acids is 2. The largest absolute Gasteiger partial charge is 0.496 e. The molecular weight excluding hydrogens is 500 g/mol. The molecule has 1 fully saturated rings. The first-order chi connectivity index (χ1) is 18.9. The second-order valence-electron chi connectivity index (χ2n) is 9.67. The quantitative estimate of drug-likeness (QED) is 0.378. The number of hydrogen-bond acceptors (Lipinski definition) is 6. The molecule has 39 heavy (non-hydrogen) atoms. The fraction of sp³-hybridized carbons (Fsp3) is 0.345. The van der Waals surface area contributed by atoms with Crippen LogP contribution in [0.2, 0.25) is 0 Å². The lowest BCUT2D eigenvalue weighted by Gasteiger charge is -2.32. The van der Waals surface area contributed by atoms with Gasteiger partial charge in [0.2, 0.25) is 5.91 Å². The Hall–Kier alpha value is -4.31. The number of rotatable bonds is 7. The lowest BCUT2D eigenvalue weighted by molar-refractivity contribution is -0.135. The van der Waals surface area contributed by atoms with Crippen LogP contribution in [0, 0.1) is 0 Å². The Balaban J connectivity index is 1.59. The smallest absolute Gasteiger partial charge is 0.272 e. The number of benzene rings is 2. The topological polar surface area (TPSA) is 115 Å². The number of aliphatic hydroxyl groups is 1. The van der Waals surface area contributed by atoms with Crippen molar-refractivity contribution in [1.82, 2.24) is 19.4 Å². The maximum Gasteiger partial charge on any atom is 0.272 e. The molecule has 204 valence electrons. The van der Waals surface area contributed by atoms with Gasteiger partial charge in [0, 0.05) is 37.1 Å². The number of amides is 2. The number of ether oxygens (including phenoxy) is 2. The first-order valence-electron chi connectivity index (χ1n) is 12.9. The SMILES string of the molecule is COc1ccccc1Cn1c(=O)c2c(OC)c(C(=O)NC3CCN(C(=O)CO)CC3)n(C)c2c2ccccc21. The molecule has 10 heteroatoms. The van der Waals surface area contributed by atoms with E-state index in [0.717, 1.165) is 16.5 Å². The minimum Gasteiger partial charge on any atom is -0.496 e. The van der Waals surface area contributed by atoms with Crippen LogP contribution in [0.4, 0.5) is 0 Å². The van der Waals surface area contributed by atoms with E-state index in [0.29, 0.717) is 42.6 Å². The van der Waals surface area contributed by atoms with Crippen molar-refractivity contribution >= 4 is 33.6 Å². The van der Waals surface area contributed by atoms with Gasteiger partial charge in [-0.3, -0.25) is 14.4 Å². The molecule has 5 rings (SSSR count). The molecule has 2 aromatic carbocycles. The number of pyridine rings is 1. The van der Waals surface area contributed by atoms with Gasteiger partial charge in [0.1, 0.15) is 17.7 Å². The van der Waals surface area contributed by atoms with E-state index < -0.39 is 6.61 Å². The molecule has 1 saturated heterocycles. The second-order valence-corrected chi connectivity index (χ2v) is 9.67. The van der Waals surface area contributed by atoms with E-state index in [1.165, 1.54) is 7.11 Å². The first-order valence-corrected chi connectivity index (χ1v) is 12.9. The number of likely N-dealkylation sites (tertiary alicyclic amines) is 1. The van der Waals surface area contributed by atoms with Gasteiger partial charge >= 0.3 is 0 Å². The van der Waals surface area contributed by atoms with E-state index in [-0.39, 0.29) is 41.4 Å². The summed E-state index contributed by atoms with van der Waals surface area (Å²) >= 11 is 0. The summed E-state index contributed by atoms with van der Waals surface area (Å²) in [7, 11) is 4.82. The predicted molar refractivity (Wildman–Crippen MR) is 147 cm³/mol. The number of carbonyl (C=O) groups is 2. The zero-order valence-corrected chi connectivity index (χ0v) is 22.3. The van der Waals surface area contributed by atoms with Gasteiger partial charge in [-0.15, -0.1) is 0 Å². The van der Waals surface area contributed by atoms with Crippen LogP contribution in [0.15, 0.2) is 53.3 Å². The number of nitrogens with one attached hydrogen (secondary N) is 1. The highest BCUT2D eigenvalue weighted by atomic mass is 16.5. The Morgan fingerprint density at radius 3 is 2.41 bits per heavy atom. The van der Waals surface area contributed by atoms with Crippen molar-refractivity contribution in [1.29, 1.82) is 0 Å². The number of nitrogens with zero attached hydrogens (tertiary/aromatic N) is 3. The molecule has 2 amide bonds. The number of aryl methyl sites for hydroxylation is 1. The summed E-state index contributed by atoms with van der Waals surface area (Å²) in [5.74, 6) is 0.242. The van der Waals surface area contributed by atoms with E-state index in [4.69, 9.17) is 14.6 Å². The molecule has 3 heterocycles. The summed E-state index contributed by atoms with van der Waals surface area (Å²) in [6, 6.07) is 15.0. The molecule has 0 radical (unpaired) electrons. The van der Waals surface area contributed by atoms with Gasteiger partial charge in [0.05, 0.1) is 31.8 Å². The van der Waals surface area contributed by atoms with Gasteiger partial charge in [0.15, 0.2) is 11.4 Å². The maximum atomic E-state index is 14.1. The number of piperidine rings is 1. The average Bonchev–Trinajstić information content (AvgIpc) is 3.27. The zero-order valence-electron chi connectivity index (χ0n) is 22.3. The molecule has 1 aliphatic heterocycles. The van der Waals surface area contributed by atoms with Gasteiger partial charge in [-0.1, -0.05) is 36.4 Å². The van der Waals surface area contributed by atoms with E-state index >= 15 is 0 Å². The van der Waals surface area contributed by atoms with Crippen LogP contribution in [-0.4, -0.2) is 70.9 Å². The molecule has 0 spiro atoms. The van der Waals surface area contributed by atoms with Gasteiger partial charge in [-0.05, 0) is 25.0 Å². The second kappa shape index (κ2) is 10.8. The molecule has 0 bridgehead atoms. The third-order valence-electron chi connectivity index (χ3n) is 7.52. The molecule has 0 saturated carbocycles. The maximum absolute atomic E-state index is 14.1. The average molecular weight is 533 g/mol. The van der Waals surface area contributed by atoms with E-state index in [1.54, 1.807) is 28.2 Å². The van der Waals surface area contributed by atoms with Crippen molar-refractivity contribution in [3.05, 3.63) is 70.1 Å². The van der Waals surface area contributed by atoms with Crippen LogP contribution in [0.5, 0.6) is 11.5 Å². The number of para-hydroxylation sites is 2. The van der Waals surface area contributed by atoms with Gasteiger partial charge in [-0.25, -0.2) is 0 Å². The lowest BCUT2D eigenvalue weighted by atomic mass is 10.0. The predicted octanol–water partition coefficient (Wildman–Crippen LogP) is 2.27. The van der Waals surface area contributed by atoms with E-state index in [9.17, 15) is 14.4 Å². The highest BCUT2D eigenvalue weighted by Gasteiger charge is 2.30. The number of fused-ring (bicyclic) bond motifs is 3. The van der Waals surface area contributed by atoms with Crippen molar-refractivity contribution in [2.45, 2.75) is 25.4 Å². The number of hydrogen-bond donors (Lipinski definition) is 2. The summed E-state index contributed by atoms with van der Waals surface area (Å²) in [6.07, 6.45) is 1.14. The van der Waals surface area contributed by atoms with Gasteiger partial charge in [-0.2, -0.15) is 0 Å². The van der Waals surface area contributed by atoms with Crippen molar-refractivity contribution in [2.24, 2.45) is 7.05 Å². The molecule has 1 aliphatic rings. The Kier molecular flexibility index (Phi) is 7.30. The highest BCUT2D eigenvalue weighted by Crippen LogP contribution is 2.35. The Morgan fingerprint density at radius 1 is 1.03 bits per heavy atom. The van der Waals surface area contributed by atoms with Crippen LogP contribution in [0.25, 0.3) is 21.8 Å². The summed E-state index contributed by atoms with van der Waals surface area (Å²) in [4.78, 5) is 41.1. The summed E-state index contributed by atoms with van der Waals surface area (Å²) in [6.45, 7) is 0.667. The monoisotopic (exact) mass is 532 g/mol. The molecule has 2 aromatic heterocycles. The minimum atomic E-state index is -0.521. The molecule has 10 nitrogen and oxygen atoms in total. The normalized spacial score (nSPS) is 14.1. The minimum absolute atomic E-state index is 0.151. The van der Waals surface area contributed by atoms with Crippen LogP contribution >= 0.6 is 0 Å². The summed E-state index contributed by atoms with van der Waals surface area (Å²) < 4.78 is 14.7. The summed E-state index contributed by atoms with van der Waals surface area (Å²) in [5, 5.41) is 13.3. The number of aliphatic hydroxyl groups excluding tert-OH is 1. The third-order valence-corrected chi connectivity index (χ3v) is 7.52. The van der Waals surface area contributed by atoms with Crippen LogP contribution in [-0.2, 0) is 18.4 Å². The fourth-order valence-corrected chi connectivity index (χ4v) is 5.57. The van der Waals surface area contributed by atoms with Crippen LogP contribution in [0.3, 0.4) is 0 Å². The Labute approximate surface area is 225 Å². The molecule has 0 unspecified atom stereocenters. The third kappa shape index (κ3) is 4.61. The van der Waals surface area contributed by atoms with Crippen molar-refractivity contribution in [2.75, 3.05) is 33.9 Å². The number of methoxy groups -OCH3 is 2. The van der Waals surface area contributed by atoms with Crippen molar-refractivity contribution in [3.63, 3.8) is 0 Å². The van der Waals surface area contributed by atoms with Crippen LogP contribution in [0.1, 0.15) is 28.9 Å². The highest BCUT2D eigenvalue weighted by molar-refractivity contribution is 6.12. The molecular formula is C29H32N4O6. The molecule has 4 aromatic rings. The van der Waals surface area contributed by atoms with Gasteiger partial charge in [0.25, 0.3) is 11.5 Å². The zero-order chi connectivity index (χ0) is 27.7. The first kappa shape index (κ1) is 26.3.